The summed E-state index contributed by atoms with van der Waals surface area (Å²) in [6.45, 7) is 1.30. The molecule has 9 heteroatoms. The van der Waals surface area contributed by atoms with Gasteiger partial charge in [0.25, 0.3) is 5.91 Å². The summed E-state index contributed by atoms with van der Waals surface area (Å²) in [4.78, 5) is 23.6. The third-order valence-corrected chi connectivity index (χ3v) is 5.96. The van der Waals surface area contributed by atoms with Gasteiger partial charge in [-0.05, 0) is 48.9 Å². The van der Waals surface area contributed by atoms with E-state index in [1.165, 1.54) is 24.3 Å². The van der Waals surface area contributed by atoms with Crippen molar-refractivity contribution in [3.05, 3.63) is 58.1 Å². The number of hydrogen-bond acceptors (Lipinski definition) is 5. The summed E-state index contributed by atoms with van der Waals surface area (Å²) in [5, 5.41) is 3.45. The zero-order chi connectivity index (χ0) is 20.0. The Bertz CT molecular complexity index is 943. The van der Waals surface area contributed by atoms with E-state index in [0.717, 1.165) is 5.56 Å². The fraction of sp³-hybridized carbons (Fsp3) is 0.222. The summed E-state index contributed by atoms with van der Waals surface area (Å²) in [6, 6.07) is 10.6. The summed E-state index contributed by atoms with van der Waals surface area (Å²) in [5.41, 5.74) is 1.33. The number of esters is 1. The molecule has 0 heterocycles. The molecule has 0 saturated heterocycles. The van der Waals surface area contributed by atoms with Gasteiger partial charge in [-0.25, -0.2) is 8.42 Å². The third kappa shape index (κ3) is 6.53. The van der Waals surface area contributed by atoms with Crippen molar-refractivity contribution in [2.75, 3.05) is 17.7 Å². The molecule has 0 aliphatic rings. The number of nitrogens with one attached hydrogen (secondary N) is 1. The van der Waals surface area contributed by atoms with E-state index in [9.17, 15) is 18.0 Å². The first-order valence-electron chi connectivity index (χ1n) is 7.87. The lowest BCUT2D eigenvalue weighted by Gasteiger charge is -2.08. The zero-order valence-corrected chi connectivity index (χ0v) is 16.7. The molecule has 0 radical (unpaired) electrons. The van der Waals surface area contributed by atoms with Crippen LogP contribution in [0.4, 0.5) is 5.69 Å². The number of aryl methyl sites for hydroxylation is 1. The van der Waals surface area contributed by atoms with E-state index < -0.39 is 34.1 Å². The van der Waals surface area contributed by atoms with Crippen LogP contribution in [0.2, 0.25) is 10.0 Å². The van der Waals surface area contributed by atoms with Crippen molar-refractivity contribution in [1.29, 1.82) is 0 Å². The molecule has 0 saturated carbocycles. The molecule has 27 heavy (non-hydrogen) atoms. The Hall–Kier alpha value is -2.09. The van der Waals surface area contributed by atoms with E-state index in [0.29, 0.717) is 15.7 Å². The van der Waals surface area contributed by atoms with E-state index in [-0.39, 0.29) is 11.3 Å². The van der Waals surface area contributed by atoms with E-state index in [1.807, 2.05) is 6.92 Å². The minimum atomic E-state index is -3.64. The maximum atomic E-state index is 12.1. The summed E-state index contributed by atoms with van der Waals surface area (Å²) < 4.78 is 29.1. The Balaban J connectivity index is 1.80. The van der Waals surface area contributed by atoms with Crippen molar-refractivity contribution >= 4 is 50.6 Å². The highest BCUT2D eigenvalue weighted by Crippen LogP contribution is 2.20. The number of halogens is 2. The summed E-state index contributed by atoms with van der Waals surface area (Å²) >= 11 is 11.7. The highest BCUT2D eigenvalue weighted by molar-refractivity contribution is 7.91. The predicted octanol–water partition coefficient (Wildman–Crippen LogP) is 3.65. The van der Waals surface area contributed by atoms with Crippen molar-refractivity contribution in [2.24, 2.45) is 0 Å². The molecule has 2 aromatic rings. The SMILES string of the molecule is Cc1ccc(NC(=O)COC(=O)CCS(=O)(=O)c2ccc(Cl)cc2)cc1Cl. The van der Waals surface area contributed by atoms with Crippen LogP contribution in [0.3, 0.4) is 0 Å². The predicted molar refractivity (Wildman–Crippen MR) is 104 cm³/mol. The molecule has 2 rings (SSSR count). The minimum absolute atomic E-state index is 0.0636. The molecule has 0 spiro atoms. The highest BCUT2D eigenvalue weighted by Gasteiger charge is 2.17. The smallest absolute Gasteiger partial charge is 0.307 e. The lowest BCUT2D eigenvalue weighted by molar-refractivity contribution is -0.146. The van der Waals surface area contributed by atoms with Gasteiger partial charge in [0.05, 0.1) is 17.1 Å². The molecule has 0 atom stereocenters. The molecule has 6 nitrogen and oxygen atoms in total. The van der Waals surface area contributed by atoms with Crippen LogP contribution in [-0.2, 0) is 24.2 Å². The van der Waals surface area contributed by atoms with Gasteiger partial charge in [0, 0.05) is 15.7 Å². The van der Waals surface area contributed by atoms with Crippen molar-refractivity contribution in [3.8, 4) is 0 Å². The van der Waals surface area contributed by atoms with Gasteiger partial charge in [-0.3, -0.25) is 9.59 Å². The summed E-state index contributed by atoms with van der Waals surface area (Å²) in [6.07, 6.45) is -0.366. The lowest BCUT2D eigenvalue weighted by Crippen LogP contribution is -2.22. The number of hydrogen-bond donors (Lipinski definition) is 1. The van der Waals surface area contributed by atoms with Crippen LogP contribution in [0, 0.1) is 6.92 Å². The van der Waals surface area contributed by atoms with Crippen molar-refractivity contribution < 1.29 is 22.7 Å². The molecule has 0 aliphatic carbocycles. The average Bonchev–Trinajstić information content (AvgIpc) is 2.62. The first-order chi connectivity index (χ1) is 12.7. The monoisotopic (exact) mass is 429 g/mol. The molecule has 144 valence electrons. The number of amides is 1. The minimum Gasteiger partial charge on any atom is -0.456 e. The Labute approximate surface area is 167 Å². The summed E-state index contributed by atoms with van der Waals surface area (Å²) in [5.74, 6) is -1.77. The lowest BCUT2D eigenvalue weighted by atomic mass is 10.2. The number of ether oxygens (including phenoxy) is 1. The van der Waals surface area contributed by atoms with Crippen LogP contribution in [0.15, 0.2) is 47.4 Å². The standard InChI is InChI=1S/C18H17Cl2NO5S/c1-12-2-5-14(10-16(12)20)21-17(22)11-26-18(23)8-9-27(24,25)15-6-3-13(19)4-7-15/h2-7,10H,8-9,11H2,1H3,(H,21,22). The molecule has 0 fully saturated rings. The van der Waals surface area contributed by atoms with Gasteiger partial charge in [0.2, 0.25) is 0 Å². The second kappa shape index (κ2) is 9.21. The molecule has 2 aromatic carbocycles. The number of anilines is 1. The fourth-order valence-corrected chi connectivity index (χ4v) is 3.59. The normalized spacial score (nSPS) is 11.1. The van der Waals surface area contributed by atoms with Crippen molar-refractivity contribution in [3.63, 3.8) is 0 Å². The Morgan fingerprint density at radius 3 is 2.37 bits per heavy atom. The fourth-order valence-electron chi connectivity index (χ4n) is 2.06. The van der Waals surface area contributed by atoms with E-state index in [1.54, 1.807) is 18.2 Å². The highest BCUT2D eigenvalue weighted by atomic mass is 35.5. The third-order valence-electron chi connectivity index (χ3n) is 3.57. The molecule has 0 aromatic heterocycles. The van der Waals surface area contributed by atoms with Crippen LogP contribution in [0.25, 0.3) is 0 Å². The van der Waals surface area contributed by atoms with Gasteiger partial charge in [-0.2, -0.15) is 0 Å². The number of sulfone groups is 1. The first kappa shape index (κ1) is 21.2. The van der Waals surface area contributed by atoms with Gasteiger partial charge in [0.15, 0.2) is 16.4 Å². The first-order valence-corrected chi connectivity index (χ1v) is 10.3. The van der Waals surface area contributed by atoms with Gasteiger partial charge in [-0.1, -0.05) is 29.3 Å². The zero-order valence-electron chi connectivity index (χ0n) is 14.4. The number of carbonyl (C=O) groups is 2. The molecule has 1 N–H and O–H groups in total. The number of carbonyl (C=O) groups excluding carboxylic acids is 2. The maximum absolute atomic E-state index is 12.1. The van der Waals surface area contributed by atoms with Crippen LogP contribution in [-0.4, -0.2) is 32.7 Å². The number of benzene rings is 2. The van der Waals surface area contributed by atoms with Crippen LogP contribution in [0.5, 0.6) is 0 Å². The maximum Gasteiger partial charge on any atom is 0.307 e. The number of rotatable bonds is 7. The molecule has 0 bridgehead atoms. The second-order valence-corrected chi connectivity index (χ2v) is 8.65. The van der Waals surface area contributed by atoms with Gasteiger partial charge in [0.1, 0.15) is 0 Å². The van der Waals surface area contributed by atoms with Crippen LogP contribution < -0.4 is 5.32 Å². The Kier molecular flexibility index (Phi) is 7.24. The Morgan fingerprint density at radius 1 is 1.07 bits per heavy atom. The quantitative estimate of drug-likeness (QED) is 0.678. The molecule has 0 unspecified atom stereocenters. The van der Waals surface area contributed by atoms with Crippen molar-refractivity contribution in [1.82, 2.24) is 0 Å². The van der Waals surface area contributed by atoms with Gasteiger partial charge >= 0.3 is 5.97 Å². The van der Waals surface area contributed by atoms with Crippen LogP contribution in [0.1, 0.15) is 12.0 Å². The molecule has 0 aliphatic heterocycles. The summed E-state index contributed by atoms with van der Waals surface area (Å²) in [7, 11) is -3.64. The van der Waals surface area contributed by atoms with E-state index in [4.69, 9.17) is 27.9 Å². The van der Waals surface area contributed by atoms with Gasteiger partial charge in [-0.15, -0.1) is 0 Å². The molecular weight excluding hydrogens is 413 g/mol. The second-order valence-electron chi connectivity index (χ2n) is 5.70. The van der Waals surface area contributed by atoms with Crippen molar-refractivity contribution in [2.45, 2.75) is 18.2 Å². The molecule has 1 amide bonds. The Morgan fingerprint density at radius 2 is 1.74 bits per heavy atom. The van der Waals surface area contributed by atoms with E-state index in [2.05, 4.69) is 5.32 Å². The topological polar surface area (TPSA) is 89.5 Å². The van der Waals surface area contributed by atoms with E-state index >= 15 is 0 Å². The van der Waals surface area contributed by atoms with Crippen LogP contribution >= 0.6 is 23.2 Å². The van der Waals surface area contributed by atoms with Gasteiger partial charge < -0.3 is 10.1 Å². The molecular formula is C18H17Cl2NO5S. The average molecular weight is 430 g/mol. The largest absolute Gasteiger partial charge is 0.456 e.